The lowest BCUT2D eigenvalue weighted by atomic mass is 10.1. The molecule has 0 aliphatic carbocycles. The van der Waals surface area contributed by atoms with Gasteiger partial charge in [0.25, 0.3) is 0 Å². The molecule has 2 saturated heterocycles. The number of rotatable bonds is 5. The van der Waals surface area contributed by atoms with Gasteiger partial charge in [-0.05, 0) is 38.8 Å². The number of aliphatic imine (C=N–C) groups is 1. The fourth-order valence-electron chi connectivity index (χ4n) is 3.54. The van der Waals surface area contributed by atoms with Crippen LogP contribution in [0.2, 0.25) is 0 Å². The lowest BCUT2D eigenvalue weighted by Gasteiger charge is -2.36. The third kappa shape index (κ3) is 5.96. The molecule has 2 fully saturated rings. The molecule has 2 aliphatic heterocycles. The minimum absolute atomic E-state index is 0.173. The Hall–Kier alpha value is -1.30. The SMILES string of the molecule is CCNC(=NCC(C)CN1CCCCC1)N1CCN(C(C)=O)CC1. The fraction of sp³-hybridized carbons (Fsp3) is 0.889. The first kappa shape index (κ1) is 19.0. The first-order valence-electron chi connectivity index (χ1n) is 9.61. The number of piperazine rings is 1. The van der Waals surface area contributed by atoms with E-state index in [-0.39, 0.29) is 5.91 Å². The Morgan fingerprint density at radius 1 is 1.04 bits per heavy atom. The zero-order valence-corrected chi connectivity index (χ0v) is 15.8. The standard InChI is InChI=1S/C18H35N5O/c1-4-19-18(23-12-10-22(11-13-23)17(3)24)20-14-16(2)15-21-8-6-5-7-9-21/h16H,4-15H2,1-3H3,(H,19,20). The van der Waals surface area contributed by atoms with Crippen LogP contribution in [0.3, 0.4) is 0 Å². The van der Waals surface area contributed by atoms with Crippen LogP contribution in [0.1, 0.15) is 40.0 Å². The van der Waals surface area contributed by atoms with Crippen molar-refractivity contribution in [3.05, 3.63) is 0 Å². The molecule has 2 aliphatic rings. The quantitative estimate of drug-likeness (QED) is 0.606. The van der Waals surface area contributed by atoms with Crippen molar-refractivity contribution in [2.24, 2.45) is 10.9 Å². The Bertz CT molecular complexity index is 412. The Labute approximate surface area is 147 Å². The van der Waals surface area contributed by atoms with Crippen molar-refractivity contribution in [2.45, 2.75) is 40.0 Å². The van der Waals surface area contributed by atoms with Crippen molar-refractivity contribution in [1.82, 2.24) is 20.0 Å². The summed E-state index contributed by atoms with van der Waals surface area (Å²) in [6, 6.07) is 0. The lowest BCUT2D eigenvalue weighted by Crippen LogP contribution is -2.53. The molecular formula is C18H35N5O. The predicted molar refractivity (Wildman–Crippen MR) is 99.3 cm³/mol. The number of nitrogens with one attached hydrogen (secondary N) is 1. The Morgan fingerprint density at radius 3 is 2.25 bits per heavy atom. The van der Waals surface area contributed by atoms with Crippen LogP contribution in [0.25, 0.3) is 0 Å². The second kappa shape index (κ2) is 9.87. The largest absolute Gasteiger partial charge is 0.357 e. The average molecular weight is 338 g/mol. The van der Waals surface area contributed by atoms with Gasteiger partial charge in [0, 0.05) is 52.7 Å². The van der Waals surface area contributed by atoms with Crippen molar-refractivity contribution >= 4 is 11.9 Å². The minimum atomic E-state index is 0.173. The van der Waals surface area contributed by atoms with Gasteiger partial charge in [-0.25, -0.2) is 0 Å². The first-order valence-corrected chi connectivity index (χ1v) is 9.61. The normalized spacial score (nSPS) is 21.7. The highest BCUT2D eigenvalue weighted by molar-refractivity contribution is 5.80. The van der Waals surface area contributed by atoms with E-state index in [1.807, 2.05) is 4.90 Å². The summed E-state index contributed by atoms with van der Waals surface area (Å²) in [4.78, 5) is 23.1. The molecule has 1 atom stereocenters. The molecule has 6 heteroatoms. The van der Waals surface area contributed by atoms with Crippen molar-refractivity contribution in [3.8, 4) is 0 Å². The molecule has 2 rings (SSSR count). The van der Waals surface area contributed by atoms with Gasteiger partial charge in [-0.2, -0.15) is 0 Å². The van der Waals surface area contributed by atoms with E-state index >= 15 is 0 Å². The van der Waals surface area contributed by atoms with Gasteiger partial charge in [-0.1, -0.05) is 13.3 Å². The van der Waals surface area contributed by atoms with E-state index in [0.29, 0.717) is 5.92 Å². The van der Waals surface area contributed by atoms with Gasteiger partial charge in [0.1, 0.15) is 0 Å². The number of likely N-dealkylation sites (tertiary alicyclic amines) is 1. The number of nitrogens with zero attached hydrogens (tertiary/aromatic N) is 4. The van der Waals surface area contributed by atoms with Crippen LogP contribution in [0.4, 0.5) is 0 Å². The maximum atomic E-state index is 11.5. The van der Waals surface area contributed by atoms with Crippen LogP contribution in [0.15, 0.2) is 4.99 Å². The fourth-order valence-corrected chi connectivity index (χ4v) is 3.54. The molecule has 0 aromatic heterocycles. The summed E-state index contributed by atoms with van der Waals surface area (Å²) >= 11 is 0. The van der Waals surface area contributed by atoms with Gasteiger partial charge in [-0.3, -0.25) is 9.79 Å². The van der Waals surface area contributed by atoms with Gasteiger partial charge < -0.3 is 20.0 Å². The van der Waals surface area contributed by atoms with Crippen molar-refractivity contribution in [3.63, 3.8) is 0 Å². The van der Waals surface area contributed by atoms with Crippen molar-refractivity contribution < 1.29 is 4.79 Å². The summed E-state index contributed by atoms with van der Waals surface area (Å²) in [5.41, 5.74) is 0. The van der Waals surface area contributed by atoms with E-state index in [1.54, 1.807) is 6.92 Å². The smallest absolute Gasteiger partial charge is 0.219 e. The predicted octanol–water partition coefficient (Wildman–Crippen LogP) is 1.24. The molecule has 0 radical (unpaired) electrons. The molecular weight excluding hydrogens is 302 g/mol. The van der Waals surface area contributed by atoms with Crippen LogP contribution in [-0.4, -0.2) is 85.5 Å². The van der Waals surface area contributed by atoms with Gasteiger partial charge >= 0.3 is 0 Å². The maximum Gasteiger partial charge on any atom is 0.219 e. The summed E-state index contributed by atoms with van der Waals surface area (Å²) in [5.74, 6) is 1.76. The number of amides is 1. The van der Waals surface area contributed by atoms with Crippen molar-refractivity contribution in [1.29, 1.82) is 0 Å². The molecule has 2 heterocycles. The summed E-state index contributed by atoms with van der Waals surface area (Å²) in [7, 11) is 0. The van der Waals surface area contributed by atoms with E-state index in [9.17, 15) is 4.79 Å². The summed E-state index contributed by atoms with van der Waals surface area (Å²) in [6.07, 6.45) is 4.08. The summed E-state index contributed by atoms with van der Waals surface area (Å²) in [6.45, 7) is 14.8. The number of guanidine groups is 1. The van der Waals surface area contributed by atoms with E-state index in [1.165, 1.54) is 32.4 Å². The summed E-state index contributed by atoms with van der Waals surface area (Å²) < 4.78 is 0. The van der Waals surface area contributed by atoms with E-state index in [2.05, 4.69) is 29.0 Å². The molecule has 1 N–H and O–H groups in total. The van der Waals surface area contributed by atoms with Crippen LogP contribution in [0.5, 0.6) is 0 Å². The van der Waals surface area contributed by atoms with Crippen LogP contribution >= 0.6 is 0 Å². The Kier molecular flexibility index (Phi) is 7.82. The third-order valence-electron chi connectivity index (χ3n) is 4.93. The van der Waals surface area contributed by atoms with Crippen LogP contribution in [-0.2, 0) is 4.79 Å². The zero-order chi connectivity index (χ0) is 17.4. The second-order valence-electron chi connectivity index (χ2n) is 7.15. The monoisotopic (exact) mass is 337 g/mol. The maximum absolute atomic E-state index is 11.5. The van der Waals surface area contributed by atoms with Crippen LogP contribution < -0.4 is 5.32 Å². The van der Waals surface area contributed by atoms with E-state index in [0.717, 1.165) is 51.8 Å². The average Bonchev–Trinajstić information content (AvgIpc) is 2.59. The number of hydrogen-bond acceptors (Lipinski definition) is 3. The summed E-state index contributed by atoms with van der Waals surface area (Å²) in [5, 5.41) is 3.41. The van der Waals surface area contributed by atoms with Crippen molar-refractivity contribution in [2.75, 3.05) is 58.9 Å². The number of carbonyl (C=O) groups is 1. The highest BCUT2D eigenvalue weighted by Crippen LogP contribution is 2.11. The molecule has 0 aromatic carbocycles. The van der Waals surface area contributed by atoms with Gasteiger partial charge in [-0.15, -0.1) is 0 Å². The minimum Gasteiger partial charge on any atom is -0.357 e. The molecule has 1 unspecified atom stereocenters. The van der Waals surface area contributed by atoms with E-state index in [4.69, 9.17) is 4.99 Å². The highest BCUT2D eigenvalue weighted by atomic mass is 16.2. The first-order chi connectivity index (χ1) is 11.6. The molecule has 138 valence electrons. The van der Waals surface area contributed by atoms with E-state index < -0.39 is 0 Å². The molecule has 0 aromatic rings. The number of carbonyl (C=O) groups excluding carboxylic acids is 1. The zero-order valence-electron chi connectivity index (χ0n) is 15.8. The molecule has 0 spiro atoms. The molecule has 24 heavy (non-hydrogen) atoms. The number of hydrogen-bond donors (Lipinski definition) is 1. The Morgan fingerprint density at radius 2 is 1.67 bits per heavy atom. The van der Waals surface area contributed by atoms with Gasteiger partial charge in [0.15, 0.2) is 5.96 Å². The molecule has 1 amide bonds. The highest BCUT2D eigenvalue weighted by Gasteiger charge is 2.21. The van der Waals surface area contributed by atoms with Gasteiger partial charge in [0.2, 0.25) is 5.91 Å². The second-order valence-corrected chi connectivity index (χ2v) is 7.15. The third-order valence-corrected chi connectivity index (χ3v) is 4.93. The van der Waals surface area contributed by atoms with Gasteiger partial charge in [0.05, 0.1) is 0 Å². The van der Waals surface area contributed by atoms with Crippen LogP contribution in [0, 0.1) is 5.92 Å². The molecule has 0 bridgehead atoms. The number of piperidine rings is 1. The molecule has 0 saturated carbocycles. The molecule has 6 nitrogen and oxygen atoms in total. The topological polar surface area (TPSA) is 51.2 Å². The lowest BCUT2D eigenvalue weighted by molar-refractivity contribution is -0.130. The Balaban J connectivity index is 1.82.